The Labute approximate surface area is 262 Å². The van der Waals surface area contributed by atoms with Crippen molar-refractivity contribution < 1.29 is 28.6 Å². The number of rotatable bonds is 9. The number of H-pyrrole nitrogens is 1. The van der Waals surface area contributed by atoms with Crippen molar-refractivity contribution >= 4 is 24.0 Å². The van der Waals surface area contributed by atoms with E-state index in [0.717, 1.165) is 24.8 Å². The molecule has 1 atom stereocenters. The number of likely N-dealkylation sites (tertiary alicyclic amines) is 1. The van der Waals surface area contributed by atoms with Crippen molar-refractivity contribution in [3.63, 3.8) is 0 Å². The number of benzene rings is 2. The van der Waals surface area contributed by atoms with Crippen molar-refractivity contribution in [2.45, 2.75) is 64.7 Å². The van der Waals surface area contributed by atoms with E-state index in [0.29, 0.717) is 47.9 Å². The Morgan fingerprint density at radius 3 is 2.36 bits per heavy atom. The lowest BCUT2D eigenvalue weighted by molar-refractivity contribution is 0.0179. The Morgan fingerprint density at radius 1 is 1.02 bits per heavy atom. The van der Waals surface area contributed by atoms with Gasteiger partial charge in [0.1, 0.15) is 12.2 Å². The molecule has 0 bridgehead atoms. The molecule has 1 aromatic heterocycles. The van der Waals surface area contributed by atoms with Crippen LogP contribution in [0.2, 0.25) is 0 Å². The lowest BCUT2D eigenvalue weighted by Gasteiger charge is -2.34. The molecule has 0 radical (unpaired) electrons. The average molecular weight is 620 g/mol. The summed E-state index contributed by atoms with van der Waals surface area (Å²) in [4.78, 5) is 51.5. The van der Waals surface area contributed by atoms with E-state index in [4.69, 9.17) is 9.47 Å². The van der Waals surface area contributed by atoms with Gasteiger partial charge >= 0.3 is 18.3 Å². The van der Waals surface area contributed by atoms with Crippen molar-refractivity contribution in [2.75, 3.05) is 25.5 Å². The van der Waals surface area contributed by atoms with Crippen LogP contribution < -0.4 is 16.2 Å². The first-order valence-corrected chi connectivity index (χ1v) is 15.0. The van der Waals surface area contributed by atoms with Gasteiger partial charge in [0.2, 0.25) is 0 Å². The van der Waals surface area contributed by atoms with E-state index in [1.165, 1.54) is 7.11 Å². The van der Waals surface area contributed by atoms with Crippen LogP contribution in [0.5, 0.6) is 0 Å². The molecular weight excluding hydrogens is 578 g/mol. The molecule has 0 saturated carbocycles. The highest BCUT2D eigenvalue weighted by molar-refractivity contribution is 5.85. The fourth-order valence-electron chi connectivity index (χ4n) is 5.05. The number of hydrogen-bond acceptors (Lipinski definition) is 8. The predicted molar refractivity (Wildman–Crippen MR) is 169 cm³/mol. The molecule has 12 nitrogen and oxygen atoms in total. The standard InChI is InChI=1S/C33H41N5O7/c1-33(2,3)45-32(42)38-18-16-22(17-19-38)10-15-27(35-31(41)44-21-23-8-6-5-7-9-23)28-20-26(29(39)37-36-28)24-11-13-25(14-12-24)34-30(40)43-4/h5-9,11-14,20,22,27H,10,15-19,21H2,1-4H3,(H,34,40)(H,35,41)(H,37,39). The summed E-state index contributed by atoms with van der Waals surface area (Å²) in [7, 11) is 1.27. The summed E-state index contributed by atoms with van der Waals surface area (Å²) >= 11 is 0. The van der Waals surface area contributed by atoms with Gasteiger partial charge in [-0.2, -0.15) is 5.10 Å². The topological polar surface area (TPSA) is 152 Å². The van der Waals surface area contributed by atoms with Crippen LogP contribution in [0.15, 0.2) is 65.5 Å². The summed E-state index contributed by atoms with van der Waals surface area (Å²) < 4.78 is 15.6. The van der Waals surface area contributed by atoms with E-state index in [1.807, 2.05) is 51.1 Å². The molecule has 2 aromatic carbocycles. The van der Waals surface area contributed by atoms with Crippen molar-refractivity contribution in [1.82, 2.24) is 20.4 Å². The van der Waals surface area contributed by atoms with Crippen molar-refractivity contribution in [3.8, 4) is 11.1 Å². The highest BCUT2D eigenvalue weighted by atomic mass is 16.6. The molecule has 3 N–H and O–H groups in total. The number of anilines is 1. The molecule has 45 heavy (non-hydrogen) atoms. The van der Waals surface area contributed by atoms with Crippen LogP contribution in [0.4, 0.5) is 20.1 Å². The van der Waals surface area contributed by atoms with E-state index in [9.17, 15) is 19.2 Å². The third-order valence-electron chi connectivity index (χ3n) is 7.44. The molecule has 3 aromatic rings. The lowest BCUT2D eigenvalue weighted by atomic mass is 9.90. The molecule has 0 aliphatic carbocycles. The number of piperidine rings is 1. The van der Waals surface area contributed by atoms with E-state index in [-0.39, 0.29) is 12.7 Å². The minimum atomic E-state index is -0.602. The maximum atomic E-state index is 12.9. The summed E-state index contributed by atoms with van der Waals surface area (Å²) in [5, 5.41) is 12.4. The molecule has 1 fully saturated rings. The smallest absolute Gasteiger partial charge is 0.411 e. The van der Waals surface area contributed by atoms with E-state index in [2.05, 4.69) is 25.6 Å². The number of aromatic amines is 1. The second-order valence-corrected chi connectivity index (χ2v) is 12.0. The second-order valence-electron chi connectivity index (χ2n) is 12.0. The monoisotopic (exact) mass is 619 g/mol. The fraction of sp³-hybridized carbons (Fsp3) is 0.424. The SMILES string of the molecule is COC(=O)Nc1ccc(-c2cc(C(CCC3CCN(C(=O)OC(C)(C)C)CC3)NC(=O)OCc3ccccc3)n[nH]c2=O)cc1. The molecule has 1 aliphatic heterocycles. The van der Waals surface area contributed by atoms with Gasteiger partial charge in [-0.05, 0) is 81.7 Å². The van der Waals surface area contributed by atoms with Gasteiger partial charge in [-0.25, -0.2) is 19.5 Å². The summed E-state index contributed by atoms with van der Waals surface area (Å²) in [6.07, 6.45) is 1.40. The number of alkyl carbamates (subject to hydrolysis) is 1. The Bertz CT molecular complexity index is 1490. The van der Waals surface area contributed by atoms with Crippen molar-refractivity contribution in [2.24, 2.45) is 5.92 Å². The van der Waals surface area contributed by atoms with Crippen LogP contribution in [0.3, 0.4) is 0 Å². The molecule has 0 spiro atoms. The zero-order chi connectivity index (χ0) is 32.4. The van der Waals surface area contributed by atoms with Gasteiger partial charge in [-0.15, -0.1) is 0 Å². The summed E-state index contributed by atoms with van der Waals surface area (Å²) in [5.41, 5.74) is 1.86. The van der Waals surface area contributed by atoms with Gasteiger partial charge in [0, 0.05) is 18.8 Å². The lowest BCUT2D eigenvalue weighted by Crippen LogP contribution is -2.41. The molecule has 2 heterocycles. The minimum absolute atomic E-state index is 0.110. The number of amides is 3. The van der Waals surface area contributed by atoms with Crippen LogP contribution in [-0.4, -0.2) is 59.2 Å². The van der Waals surface area contributed by atoms with Gasteiger partial charge in [0.25, 0.3) is 5.56 Å². The van der Waals surface area contributed by atoms with Gasteiger partial charge < -0.3 is 24.4 Å². The number of hydrogen-bond donors (Lipinski definition) is 3. The Balaban J connectivity index is 1.47. The second kappa shape index (κ2) is 15.2. The first kappa shape index (κ1) is 33.0. The number of nitrogens with one attached hydrogen (secondary N) is 3. The number of carbonyl (C=O) groups is 3. The highest BCUT2D eigenvalue weighted by Gasteiger charge is 2.28. The van der Waals surface area contributed by atoms with Crippen LogP contribution in [0.25, 0.3) is 11.1 Å². The first-order valence-electron chi connectivity index (χ1n) is 15.0. The van der Waals surface area contributed by atoms with Crippen LogP contribution >= 0.6 is 0 Å². The predicted octanol–water partition coefficient (Wildman–Crippen LogP) is 6.01. The molecule has 3 amide bonds. The zero-order valence-electron chi connectivity index (χ0n) is 26.1. The van der Waals surface area contributed by atoms with E-state index in [1.54, 1.807) is 35.2 Å². The zero-order valence-corrected chi connectivity index (χ0v) is 26.1. The summed E-state index contributed by atoms with van der Waals surface area (Å²) in [6.45, 7) is 6.85. The minimum Gasteiger partial charge on any atom is -0.453 e. The average Bonchev–Trinajstić information content (AvgIpc) is 3.02. The van der Waals surface area contributed by atoms with E-state index < -0.39 is 29.4 Å². The summed E-state index contributed by atoms with van der Waals surface area (Å²) in [5.74, 6) is 0.324. The number of ether oxygens (including phenoxy) is 3. The Morgan fingerprint density at radius 2 is 1.71 bits per heavy atom. The van der Waals surface area contributed by atoms with Crippen LogP contribution in [-0.2, 0) is 20.8 Å². The fourth-order valence-corrected chi connectivity index (χ4v) is 5.05. The number of nitrogens with zero attached hydrogens (tertiary/aromatic N) is 2. The summed E-state index contributed by atoms with van der Waals surface area (Å²) in [6, 6.07) is 17.2. The normalized spacial score (nSPS) is 14.3. The highest BCUT2D eigenvalue weighted by Crippen LogP contribution is 2.28. The number of carbonyl (C=O) groups excluding carboxylic acids is 3. The maximum Gasteiger partial charge on any atom is 0.411 e. The van der Waals surface area contributed by atoms with Gasteiger partial charge in [0.05, 0.1) is 24.4 Å². The van der Waals surface area contributed by atoms with E-state index >= 15 is 0 Å². The molecule has 4 rings (SSSR count). The van der Waals surface area contributed by atoms with Crippen molar-refractivity contribution in [1.29, 1.82) is 0 Å². The quantitative estimate of drug-likeness (QED) is 0.246. The number of aromatic nitrogens is 2. The molecule has 1 saturated heterocycles. The van der Waals surface area contributed by atoms with Crippen molar-refractivity contribution in [3.05, 3.63) is 82.3 Å². The van der Waals surface area contributed by atoms with Gasteiger partial charge in [0.15, 0.2) is 0 Å². The third kappa shape index (κ3) is 10.1. The maximum absolute atomic E-state index is 12.9. The van der Waals surface area contributed by atoms with Crippen LogP contribution in [0.1, 0.15) is 63.8 Å². The van der Waals surface area contributed by atoms with Gasteiger partial charge in [-0.3, -0.25) is 10.1 Å². The molecule has 12 heteroatoms. The molecule has 240 valence electrons. The largest absolute Gasteiger partial charge is 0.453 e. The van der Waals surface area contributed by atoms with Crippen LogP contribution in [0, 0.1) is 5.92 Å². The number of methoxy groups -OCH3 is 1. The molecule has 1 unspecified atom stereocenters. The first-order chi connectivity index (χ1) is 21.5. The Kier molecular flexibility index (Phi) is 11.2. The third-order valence-corrected chi connectivity index (χ3v) is 7.44. The Hall–Kier alpha value is -4.87. The molecular formula is C33H41N5O7. The van der Waals surface area contributed by atoms with Gasteiger partial charge in [-0.1, -0.05) is 42.5 Å². The molecule has 1 aliphatic rings.